The molecule has 0 unspecified atom stereocenters. The highest BCUT2D eigenvalue weighted by Gasteiger charge is 2.12. The molecule has 0 atom stereocenters. The average Bonchev–Trinajstić information content (AvgIpc) is 3.26. The Kier molecular flexibility index (Phi) is 3.55. The zero-order valence-corrected chi connectivity index (χ0v) is 12.6. The standard InChI is InChI=1S/C18H13N3O3/c22-18(9-15-14-6-1-2-7-16(14)24-21-15)20-13-5-3-4-12(8-13)17-10-19-11-23-17/h1-8,10-11H,9H2,(H,20,22). The van der Waals surface area contributed by atoms with E-state index in [1.54, 1.807) is 6.20 Å². The van der Waals surface area contributed by atoms with Gasteiger partial charge in [-0.2, -0.15) is 0 Å². The van der Waals surface area contributed by atoms with Crippen LogP contribution < -0.4 is 5.32 Å². The van der Waals surface area contributed by atoms with E-state index in [0.717, 1.165) is 10.9 Å². The highest BCUT2D eigenvalue weighted by atomic mass is 16.5. The second-order valence-electron chi connectivity index (χ2n) is 5.30. The minimum atomic E-state index is -0.163. The van der Waals surface area contributed by atoms with Gasteiger partial charge in [-0.05, 0) is 24.3 Å². The largest absolute Gasteiger partial charge is 0.444 e. The summed E-state index contributed by atoms with van der Waals surface area (Å²) >= 11 is 0. The molecule has 0 fully saturated rings. The van der Waals surface area contributed by atoms with Gasteiger partial charge in [-0.3, -0.25) is 4.79 Å². The molecule has 1 N–H and O–H groups in total. The Morgan fingerprint density at radius 2 is 2.04 bits per heavy atom. The molecule has 2 aromatic carbocycles. The number of benzene rings is 2. The van der Waals surface area contributed by atoms with Crippen LogP contribution in [0.5, 0.6) is 0 Å². The molecule has 0 saturated heterocycles. The van der Waals surface area contributed by atoms with Crippen LogP contribution in [-0.2, 0) is 11.2 Å². The fourth-order valence-electron chi connectivity index (χ4n) is 2.53. The smallest absolute Gasteiger partial charge is 0.230 e. The van der Waals surface area contributed by atoms with Gasteiger partial charge in [0.2, 0.25) is 5.91 Å². The van der Waals surface area contributed by atoms with Crippen LogP contribution >= 0.6 is 0 Å². The van der Waals surface area contributed by atoms with Crippen molar-refractivity contribution < 1.29 is 13.7 Å². The van der Waals surface area contributed by atoms with Crippen molar-refractivity contribution in [1.82, 2.24) is 10.1 Å². The van der Waals surface area contributed by atoms with Crippen LogP contribution in [0.2, 0.25) is 0 Å². The van der Waals surface area contributed by atoms with Crippen LogP contribution in [0.25, 0.3) is 22.3 Å². The SMILES string of the molecule is O=C(Cc1noc2ccccc12)Nc1cccc(-c2cnco2)c1. The Morgan fingerprint density at radius 3 is 2.92 bits per heavy atom. The number of carbonyl (C=O) groups is 1. The van der Waals surface area contributed by atoms with Gasteiger partial charge in [-0.25, -0.2) is 4.98 Å². The number of nitrogens with one attached hydrogen (secondary N) is 1. The summed E-state index contributed by atoms with van der Waals surface area (Å²) in [6.07, 6.45) is 3.14. The molecule has 0 aliphatic rings. The molecule has 4 rings (SSSR count). The van der Waals surface area contributed by atoms with Crippen LogP contribution in [0.4, 0.5) is 5.69 Å². The van der Waals surface area contributed by atoms with E-state index < -0.39 is 0 Å². The number of rotatable bonds is 4. The molecule has 0 saturated carbocycles. The van der Waals surface area contributed by atoms with Crippen molar-refractivity contribution in [2.24, 2.45) is 0 Å². The number of hydrogen-bond donors (Lipinski definition) is 1. The lowest BCUT2D eigenvalue weighted by Crippen LogP contribution is -2.14. The third kappa shape index (κ3) is 2.77. The van der Waals surface area contributed by atoms with E-state index in [-0.39, 0.29) is 12.3 Å². The number of anilines is 1. The monoisotopic (exact) mass is 319 g/mol. The van der Waals surface area contributed by atoms with Crippen molar-refractivity contribution in [3.63, 3.8) is 0 Å². The maximum absolute atomic E-state index is 12.3. The molecule has 6 nitrogen and oxygen atoms in total. The molecule has 118 valence electrons. The Bertz CT molecular complexity index is 990. The predicted molar refractivity (Wildman–Crippen MR) is 88.3 cm³/mol. The zero-order chi connectivity index (χ0) is 16.4. The van der Waals surface area contributed by atoms with Crippen molar-refractivity contribution >= 4 is 22.6 Å². The van der Waals surface area contributed by atoms with E-state index in [0.29, 0.717) is 22.7 Å². The van der Waals surface area contributed by atoms with E-state index in [1.807, 2.05) is 48.5 Å². The Labute approximate surface area is 137 Å². The van der Waals surface area contributed by atoms with Gasteiger partial charge < -0.3 is 14.3 Å². The average molecular weight is 319 g/mol. The summed E-state index contributed by atoms with van der Waals surface area (Å²) in [5, 5.41) is 7.69. The van der Waals surface area contributed by atoms with E-state index in [9.17, 15) is 4.79 Å². The van der Waals surface area contributed by atoms with Gasteiger partial charge in [0, 0.05) is 16.6 Å². The van der Waals surface area contributed by atoms with Gasteiger partial charge in [0.25, 0.3) is 0 Å². The van der Waals surface area contributed by atoms with Crippen molar-refractivity contribution in [3.05, 3.63) is 66.8 Å². The van der Waals surface area contributed by atoms with Crippen molar-refractivity contribution in [2.45, 2.75) is 6.42 Å². The second kappa shape index (κ2) is 6.00. The summed E-state index contributed by atoms with van der Waals surface area (Å²) in [6, 6.07) is 14.9. The van der Waals surface area contributed by atoms with Crippen LogP contribution in [0.1, 0.15) is 5.69 Å². The number of carbonyl (C=O) groups excluding carboxylic acids is 1. The summed E-state index contributed by atoms with van der Waals surface area (Å²) in [7, 11) is 0. The first-order valence-electron chi connectivity index (χ1n) is 7.42. The molecule has 0 spiro atoms. The first-order valence-corrected chi connectivity index (χ1v) is 7.42. The highest BCUT2D eigenvalue weighted by molar-refractivity contribution is 5.95. The van der Waals surface area contributed by atoms with Gasteiger partial charge in [0.15, 0.2) is 17.7 Å². The molecule has 0 bridgehead atoms. The first kappa shape index (κ1) is 14.2. The number of amides is 1. The molecule has 0 radical (unpaired) electrons. The summed E-state index contributed by atoms with van der Waals surface area (Å²) < 4.78 is 10.5. The number of hydrogen-bond acceptors (Lipinski definition) is 5. The molecule has 2 heterocycles. The molecule has 2 aromatic heterocycles. The van der Waals surface area contributed by atoms with Crippen LogP contribution in [0.3, 0.4) is 0 Å². The number of aromatic nitrogens is 2. The van der Waals surface area contributed by atoms with Crippen molar-refractivity contribution in [1.29, 1.82) is 0 Å². The molecule has 1 amide bonds. The molecule has 24 heavy (non-hydrogen) atoms. The number of nitrogens with zero attached hydrogens (tertiary/aromatic N) is 2. The summed E-state index contributed by atoms with van der Waals surface area (Å²) in [6.45, 7) is 0. The Hall–Kier alpha value is -3.41. The molecular weight excluding hydrogens is 306 g/mol. The quantitative estimate of drug-likeness (QED) is 0.621. The van der Waals surface area contributed by atoms with E-state index in [4.69, 9.17) is 8.94 Å². The number of fused-ring (bicyclic) bond motifs is 1. The zero-order valence-electron chi connectivity index (χ0n) is 12.6. The van der Waals surface area contributed by atoms with Crippen molar-refractivity contribution in [3.8, 4) is 11.3 Å². The van der Waals surface area contributed by atoms with Crippen LogP contribution in [0.15, 0.2) is 70.1 Å². The van der Waals surface area contributed by atoms with Gasteiger partial charge in [0.1, 0.15) is 5.69 Å². The lowest BCUT2D eigenvalue weighted by molar-refractivity contribution is -0.115. The van der Waals surface area contributed by atoms with Gasteiger partial charge in [0.05, 0.1) is 12.6 Å². The maximum Gasteiger partial charge on any atom is 0.230 e. The molecule has 4 aromatic rings. The van der Waals surface area contributed by atoms with Gasteiger partial charge >= 0.3 is 0 Å². The second-order valence-corrected chi connectivity index (χ2v) is 5.30. The molecule has 6 heteroatoms. The first-order chi connectivity index (χ1) is 11.8. The Balaban J connectivity index is 1.51. The lowest BCUT2D eigenvalue weighted by atomic mass is 10.1. The van der Waals surface area contributed by atoms with Crippen molar-refractivity contribution in [2.75, 3.05) is 5.32 Å². The normalized spacial score (nSPS) is 10.8. The summed E-state index contributed by atoms with van der Waals surface area (Å²) in [4.78, 5) is 16.2. The lowest BCUT2D eigenvalue weighted by Gasteiger charge is -2.05. The highest BCUT2D eigenvalue weighted by Crippen LogP contribution is 2.23. The van der Waals surface area contributed by atoms with Gasteiger partial charge in [-0.15, -0.1) is 0 Å². The topological polar surface area (TPSA) is 81.2 Å². The molecule has 0 aliphatic heterocycles. The number of oxazole rings is 1. The molecular formula is C18H13N3O3. The van der Waals surface area contributed by atoms with Gasteiger partial charge in [-0.1, -0.05) is 29.4 Å². The fourth-order valence-corrected chi connectivity index (χ4v) is 2.53. The minimum Gasteiger partial charge on any atom is -0.444 e. The number of para-hydroxylation sites is 1. The van der Waals surface area contributed by atoms with E-state index in [1.165, 1.54) is 6.39 Å². The van der Waals surface area contributed by atoms with E-state index in [2.05, 4.69) is 15.5 Å². The molecule has 0 aliphatic carbocycles. The minimum absolute atomic E-state index is 0.142. The van der Waals surface area contributed by atoms with Crippen LogP contribution in [0, 0.1) is 0 Å². The third-order valence-corrected chi connectivity index (χ3v) is 3.64. The Morgan fingerprint density at radius 1 is 1.12 bits per heavy atom. The van der Waals surface area contributed by atoms with E-state index >= 15 is 0 Å². The summed E-state index contributed by atoms with van der Waals surface area (Å²) in [5.41, 5.74) is 2.82. The van der Waals surface area contributed by atoms with Crippen LogP contribution in [-0.4, -0.2) is 16.0 Å². The maximum atomic E-state index is 12.3. The fraction of sp³-hybridized carbons (Fsp3) is 0.0556. The summed E-state index contributed by atoms with van der Waals surface area (Å²) in [5.74, 6) is 0.484. The third-order valence-electron chi connectivity index (χ3n) is 3.64. The predicted octanol–water partition coefficient (Wildman–Crippen LogP) is 3.66.